The van der Waals surface area contributed by atoms with E-state index in [4.69, 9.17) is 9.73 Å². The number of aliphatic imine (C=N–C) groups is 1. The summed E-state index contributed by atoms with van der Waals surface area (Å²) in [6, 6.07) is 6.49. The van der Waals surface area contributed by atoms with Crippen LogP contribution in [0.1, 0.15) is 46.0 Å². The maximum atomic E-state index is 11.5. The van der Waals surface area contributed by atoms with Crippen molar-refractivity contribution in [1.29, 1.82) is 0 Å². The Kier molecular flexibility index (Phi) is 7.95. The van der Waals surface area contributed by atoms with Crippen molar-refractivity contribution in [2.24, 2.45) is 10.4 Å². The summed E-state index contributed by atoms with van der Waals surface area (Å²) in [5.41, 5.74) is 0.375. The number of rotatable bonds is 9. The first kappa shape index (κ1) is 21.5. The molecule has 0 spiro atoms. The van der Waals surface area contributed by atoms with Gasteiger partial charge >= 0.3 is 0 Å². The molecule has 1 saturated carbocycles. The highest BCUT2D eigenvalue weighted by atomic mass is 32.2. The molecule has 152 valence electrons. The zero-order valence-electron chi connectivity index (χ0n) is 16.8. The normalized spacial score (nSPS) is 16.9. The Morgan fingerprint density at radius 2 is 1.81 bits per heavy atom. The molecular formula is C20H33N3O3S. The lowest BCUT2D eigenvalue weighted by atomic mass is 9.84. The van der Waals surface area contributed by atoms with Gasteiger partial charge in [0.15, 0.2) is 15.8 Å². The minimum Gasteiger partial charge on any atom is -0.492 e. The molecule has 6 nitrogen and oxygen atoms in total. The molecule has 0 aromatic heterocycles. The Labute approximate surface area is 163 Å². The fraction of sp³-hybridized carbons (Fsp3) is 0.650. The van der Waals surface area contributed by atoms with Crippen LogP contribution in [0.5, 0.6) is 5.75 Å². The second-order valence-electron chi connectivity index (χ2n) is 7.27. The third-order valence-corrected chi connectivity index (χ3v) is 6.37. The van der Waals surface area contributed by atoms with Gasteiger partial charge in [-0.2, -0.15) is 0 Å². The standard InChI is InChI=1S/C20H33N3O3S/c1-4-20(12-6-7-13-20)16-23-19(21-5-2)22-14-15-26-17-8-10-18(11-9-17)27(3,24)25/h8-11H,4-7,12-16H2,1-3H3,(H2,21,22,23). The highest BCUT2D eigenvalue weighted by molar-refractivity contribution is 7.90. The van der Waals surface area contributed by atoms with Gasteiger partial charge in [0.05, 0.1) is 11.4 Å². The lowest BCUT2D eigenvalue weighted by Gasteiger charge is -2.25. The smallest absolute Gasteiger partial charge is 0.191 e. The van der Waals surface area contributed by atoms with Crippen molar-refractivity contribution >= 4 is 15.8 Å². The number of guanidine groups is 1. The molecule has 1 aromatic rings. The number of sulfone groups is 1. The Morgan fingerprint density at radius 3 is 2.37 bits per heavy atom. The molecule has 1 aliphatic carbocycles. The maximum absolute atomic E-state index is 11.5. The largest absolute Gasteiger partial charge is 0.492 e. The van der Waals surface area contributed by atoms with Crippen molar-refractivity contribution < 1.29 is 13.2 Å². The van der Waals surface area contributed by atoms with Crippen LogP contribution in [0.15, 0.2) is 34.2 Å². The molecule has 0 radical (unpaired) electrons. The number of ether oxygens (including phenoxy) is 1. The quantitative estimate of drug-likeness (QED) is 0.382. The van der Waals surface area contributed by atoms with E-state index in [1.165, 1.54) is 38.4 Å². The van der Waals surface area contributed by atoms with Gasteiger partial charge in [0.2, 0.25) is 0 Å². The van der Waals surface area contributed by atoms with E-state index < -0.39 is 9.84 Å². The fourth-order valence-electron chi connectivity index (χ4n) is 3.46. The molecule has 0 atom stereocenters. The van der Waals surface area contributed by atoms with Crippen molar-refractivity contribution in [2.75, 3.05) is 32.5 Å². The van der Waals surface area contributed by atoms with Gasteiger partial charge in [-0.15, -0.1) is 0 Å². The van der Waals surface area contributed by atoms with Crippen molar-refractivity contribution in [3.05, 3.63) is 24.3 Å². The van der Waals surface area contributed by atoms with Gasteiger partial charge in [-0.1, -0.05) is 19.8 Å². The lowest BCUT2D eigenvalue weighted by Crippen LogP contribution is -2.40. The minimum absolute atomic E-state index is 0.298. The summed E-state index contributed by atoms with van der Waals surface area (Å²) in [7, 11) is -3.18. The van der Waals surface area contributed by atoms with E-state index >= 15 is 0 Å². The van der Waals surface area contributed by atoms with Gasteiger partial charge in [0.1, 0.15) is 12.4 Å². The second kappa shape index (κ2) is 9.97. The first-order valence-electron chi connectivity index (χ1n) is 9.84. The van der Waals surface area contributed by atoms with Gasteiger partial charge in [0.25, 0.3) is 0 Å². The van der Waals surface area contributed by atoms with Crippen LogP contribution in [0.4, 0.5) is 0 Å². The summed E-state index contributed by atoms with van der Waals surface area (Å²) in [6.45, 7) is 7.11. The van der Waals surface area contributed by atoms with E-state index in [-0.39, 0.29) is 0 Å². The molecule has 0 aliphatic heterocycles. The molecule has 0 heterocycles. The zero-order chi connectivity index (χ0) is 19.8. The average molecular weight is 396 g/mol. The lowest BCUT2D eigenvalue weighted by molar-refractivity contribution is 0.296. The third-order valence-electron chi connectivity index (χ3n) is 5.25. The van der Waals surface area contributed by atoms with Crippen molar-refractivity contribution in [1.82, 2.24) is 10.6 Å². The monoisotopic (exact) mass is 395 g/mol. The summed E-state index contributed by atoms with van der Waals surface area (Å²) in [6.07, 6.45) is 7.57. The summed E-state index contributed by atoms with van der Waals surface area (Å²) in [5.74, 6) is 1.48. The number of nitrogens with zero attached hydrogens (tertiary/aromatic N) is 1. The Hall–Kier alpha value is -1.76. The Morgan fingerprint density at radius 1 is 1.15 bits per heavy atom. The molecule has 27 heavy (non-hydrogen) atoms. The van der Waals surface area contributed by atoms with Crippen molar-refractivity contribution in [3.63, 3.8) is 0 Å². The van der Waals surface area contributed by atoms with Crippen LogP contribution in [-0.2, 0) is 9.84 Å². The van der Waals surface area contributed by atoms with E-state index in [1.54, 1.807) is 24.3 Å². The van der Waals surface area contributed by atoms with E-state index in [0.29, 0.717) is 29.2 Å². The van der Waals surface area contributed by atoms with Gasteiger partial charge in [0, 0.05) is 19.3 Å². The summed E-state index contributed by atoms with van der Waals surface area (Å²) >= 11 is 0. The van der Waals surface area contributed by atoms with Gasteiger partial charge in [-0.05, 0) is 55.9 Å². The van der Waals surface area contributed by atoms with Gasteiger partial charge in [-0.3, -0.25) is 4.99 Å². The second-order valence-corrected chi connectivity index (χ2v) is 9.29. The number of hydrogen-bond acceptors (Lipinski definition) is 4. The van der Waals surface area contributed by atoms with Crippen LogP contribution in [0.2, 0.25) is 0 Å². The molecule has 2 rings (SSSR count). The van der Waals surface area contributed by atoms with Crippen LogP contribution in [0.3, 0.4) is 0 Å². The highest BCUT2D eigenvalue weighted by Gasteiger charge is 2.31. The number of hydrogen-bond donors (Lipinski definition) is 2. The van der Waals surface area contributed by atoms with Crippen molar-refractivity contribution in [3.8, 4) is 5.75 Å². The first-order valence-corrected chi connectivity index (χ1v) is 11.7. The molecule has 0 amide bonds. The molecule has 0 unspecified atom stereocenters. The van der Waals surface area contributed by atoms with Gasteiger partial charge < -0.3 is 15.4 Å². The predicted molar refractivity (Wildman–Crippen MR) is 110 cm³/mol. The number of nitrogens with one attached hydrogen (secondary N) is 2. The maximum Gasteiger partial charge on any atom is 0.191 e. The van der Waals surface area contributed by atoms with E-state index in [2.05, 4.69) is 24.5 Å². The molecule has 0 bridgehead atoms. The first-order chi connectivity index (χ1) is 12.9. The molecule has 2 N–H and O–H groups in total. The SMILES string of the molecule is CCNC(=NCC1(CC)CCCC1)NCCOc1ccc(S(C)(=O)=O)cc1. The molecular weight excluding hydrogens is 362 g/mol. The molecule has 1 fully saturated rings. The van der Waals surface area contributed by atoms with E-state index in [0.717, 1.165) is 19.0 Å². The van der Waals surface area contributed by atoms with Crippen molar-refractivity contribution in [2.45, 2.75) is 50.8 Å². The van der Waals surface area contributed by atoms with Crippen LogP contribution >= 0.6 is 0 Å². The molecule has 1 aliphatic rings. The van der Waals surface area contributed by atoms with Crippen LogP contribution < -0.4 is 15.4 Å². The van der Waals surface area contributed by atoms with Crippen LogP contribution in [0.25, 0.3) is 0 Å². The molecule has 0 saturated heterocycles. The molecule has 1 aromatic carbocycles. The summed E-state index contributed by atoms with van der Waals surface area (Å²) in [5, 5.41) is 6.60. The predicted octanol–water partition coefficient (Wildman–Crippen LogP) is 2.99. The zero-order valence-corrected chi connectivity index (χ0v) is 17.6. The van der Waals surface area contributed by atoms with Crippen LogP contribution in [0, 0.1) is 5.41 Å². The third kappa shape index (κ3) is 6.72. The fourth-order valence-corrected chi connectivity index (χ4v) is 4.09. The Balaban J connectivity index is 1.81. The topological polar surface area (TPSA) is 79.8 Å². The minimum atomic E-state index is -3.18. The summed E-state index contributed by atoms with van der Waals surface area (Å²) < 4.78 is 28.6. The van der Waals surface area contributed by atoms with E-state index in [9.17, 15) is 8.42 Å². The number of benzene rings is 1. The Bertz CT molecular complexity index is 708. The van der Waals surface area contributed by atoms with Gasteiger partial charge in [-0.25, -0.2) is 8.42 Å². The van der Waals surface area contributed by atoms with E-state index in [1.807, 2.05) is 0 Å². The highest BCUT2D eigenvalue weighted by Crippen LogP contribution is 2.41. The summed E-state index contributed by atoms with van der Waals surface area (Å²) in [4.78, 5) is 5.09. The average Bonchev–Trinajstić information content (AvgIpc) is 3.12. The van der Waals surface area contributed by atoms with Crippen LogP contribution in [-0.4, -0.2) is 46.9 Å². The molecule has 7 heteroatoms.